The minimum Gasteiger partial charge on any atom is -0.489 e. The first kappa shape index (κ1) is 12.5. The number of rotatable bonds is 2. The summed E-state index contributed by atoms with van der Waals surface area (Å²) in [5, 5.41) is 9.41. The topological polar surface area (TPSA) is 55.8 Å². The Labute approximate surface area is 125 Å². The number of halogens is 1. The Kier molecular flexibility index (Phi) is 2.44. The molecule has 3 aliphatic rings. The van der Waals surface area contributed by atoms with Crippen LogP contribution in [0.15, 0.2) is 16.6 Å². The molecule has 1 heterocycles. The smallest absolute Gasteiger partial charge is 0.314 e. The highest BCUT2D eigenvalue weighted by molar-refractivity contribution is 9.10. The van der Waals surface area contributed by atoms with E-state index in [-0.39, 0.29) is 5.41 Å². The van der Waals surface area contributed by atoms with E-state index in [4.69, 9.17) is 9.47 Å². The summed E-state index contributed by atoms with van der Waals surface area (Å²) in [7, 11) is 0. The van der Waals surface area contributed by atoms with Gasteiger partial charge in [0, 0.05) is 5.41 Å². The second kappa shape index (κ2) is 3.91. The number of carboxylic acid groups (broad SMARTS) is 1. The summed E-state index contributed by atoms with van der Waals surface area (Å²) in [6.45, 7) is 1.35. The van der Waals surface area contributed by atoms with Crippen LogP contribution in [0.3, 0.4) is 0 Å². The number of aliphatic carboxylic acids is 1. The highest BCUT2D eigenvalue weighted by atomic mass is 79.9. The SMILES string of the molecule is O=C(O)C1(c2cc(Br)c3c(c2)OCC2(CC2)CO3)CC1. The van der Waals surface area contributed by atoms with E-state index in [2.05, 4.69) is 15.9 Å². The summed E-state index contributed by atoms with van der Waals surface area (Å²) in [4.78, 5) is 11.5. The molecule has 0 bridgehead atoms. The molecule has 0 radical (unpaired) electrons. The van der Waals surface area contributed by atoms with Crippen molar-refractivity contribution in [3.05, 3.63) is 22.2 Å². The molecule has 1 spiro atoms. The van der Waals surface area contributed by atoms with Crippen molar-refractivity contribution < 1.29 is 19.4 Å². The molecule has 0 atom stereocenters. The van der Waals surface area contributed by atoms with Crippen LogP contribution in [0.2, 0.25) is 0 Å². The predicted octanol–water partition coefficient (Wildman–Crippen LogP) is 3.12. The molecule has 20 heavy (non-hydrogen) atoms. The summed E-state index contributed by atoms with van der Waals surface area (Å²) in [6.07, 6.45) is 3.67. The first-order valence-electron chi connectivity index (χ1n) is 6.88. The van der Waals surface area contributed by atoms with Gasteiger partial charge in [-0.3, -0.25) is 4.79 Å². The van der Waals surface area contributed by atoms with Gasteiger partial charge in [0.05, 0.1) is 23.1 Å². The number of carboxylic acids is 1. The van der Waals surface area contributed by atoms with Crippen LogP contribution >= 0.6 is 15.9 Å². The monoisotopic (exact) mass is 338 g/mol. The molecule has 1 aromatic rings. The molecule has 0 saturated heterocycles. The normalized spacial score (nSPS) is 24.1. The van der Waals surface area contributed by atoms with E-state index in [1.54, 1.807) is 0 Å². The third-order valence-electron chi connectivity index (χ3n) is 4.74. The predicted molar refractivity (Wildman–Crippen MR) is 75.3 cm³/mol. The lowest BCUT2D eigenvalue weighted by molar-refractivity contribution is -0.140. The first-order valence-corrected chi connectivity index (χ1v) is 7.67. The lowest BCUT2D eigenvalue weighted by atomic mass is 9.96. The average molecular weight is 339 g/mol. The van der Waals surface area contributed by atoms with Crippen molar-refractivity contribution in [3.63, 3.8) is 0 Å². The molecule has 2 aliphatic carbocycles. The van der Waals surface area contributed by atoms with Crippen molar-refractivity contribution in [2.24, 2.45) is 5.41 Å². The molecule has 5 heteroatoms. The Bertz CT molecular complexity index is 602. The largest absolute Gasteiger partial charge is 0.489 e. The maximum Gasteiger partial charge on any atom is 0.314 e. The number of hydrogen-bond donors (Lipinski definition) is 1. The molecular weight excluding hydrogens is 324 g/mol. The van der Waals surface area contributed by atoms with Crippen molar-refractivity contribution in [2.75, 3.05) is 13.2 Å². The second-order valence-corrected chi connectivity index (χ2v) is 7.10. The minimum absolute atomic E-state index is 0.183. The highest BCUT2D eigenvalue weighted by Gasteiger charge is 2.52. The van der Waals surface area contributed by atoms with Crippen LogP contribution in [0.4, 0.5) is 0 Å². The van der Waals surface area contributed by atoms with Gasteiger partial charge >= 0.3 is 5.97 Å². The van der Waals surface area contributed by atoms with Crippen LogP contribution in [0.25, 0.3) is 0 Å². The molecular formula is C15H15BrO4. The Morgan fingerprint density at radius 1 is 1.15 bits per heavy atom. The van der Waals surface area contributed by atoms with E-state index in [0.29, 0.717) is 37.6 Å². The van der Waals surface area contributed by atoms with Gasteiger partial charge in [-0.1, -0.05) is 0 Å². The average Bonchev–Trinajstić information content (AvgIpc) is 3.28. The van der Waals surface area contributed by atoms with Gasteiger partial charge in [-0.05, 0) is 59.3 Å². The van der Waals surface area contributed by atoms with Gasteiger partial charge in [0.2, 0.25) is 0 Å². The summed E-state index contributed by atoms with van der Waals surface area (Å²) in [5.41, 5.74) is 0.277. The van der Waals surface area contributed by atoms with Crippen molar-refractivity contribution >= 4 is 21.9 Å². The van der Waals surface area contributed by atoms with E-state index >= 15 is 0 Å². The van der Waals surface area contributed by atoms with Gasteiger partial charge in [-0.2, -0.15) is 0 Å². The molecule has 4 nitrogen and oxygen atoms in total. The zero-order valence-electron chi connectivity index (χ0n) is 10.9. The molecule has 0 aromatic heterocycles. The molecule has 106 valence electrons. The number of fused-ring (bicyclic) bond motifs is 1. The summed E-state index contributed by atoms with van der Waals surface area (Å²) < 4.78 is 12.6. The summed E-state index contributed by atoms with van der Waals surface area (Å²) in [5.74, 6) is 0.627. The van der Waals surface area contributed by atoms with Gasteiger partial charge in [-0.15, -0.1) is 0 Å². The third kappa shape index (κ3) is 1.75. The molecule has 1 N–H and O–H groups in total. The zero-order valence-corrected chi connectivity index (χ0v) is 12.5. The van der Waals surface area contributed by atoms with E-state index in [1.165, 1.54) is 0 Å². The van der Waals surface area contributed by atoms with E-state index in [0.717, 1.165) is 22.9 Å². The fraction of sp³-hybridized carbons (Fsp3) is 0.533. The van der Waals surface area contributed by atoms with Crippen LogP contribution in [0, 0.1) is 5.41 Å². The van der Waals surface area contributed by atoms with Crippen LogP contribution in [0.1, 0.15) is 31.2 Å². The fourth-order valence-corrected chi connectivity index (χ4v) is 3.36. The summed E-state index contributed by atoms with van der Waals surface area (Å²) in [6, 6.07) is 3.72. The summed E-state index contributed by atoms with van der Waals surface area (Å²) >= 11 is 3.50. The molecule has 0 unspecified atom stereocenters. The van der Waals surface area contributed by atoms with Gasteiger partial charge < -0.3 is 14.6 Å². The van der Waals surface area contributed by atoms with Gasteiger partial charge in [0.15, 0.2) is 11.5 Å². The number of ether oxygens (including phenoxy) is 2. The molecule has 1 aliphatic heterocycles. The van der Waals surface area contributed by atoms with Crippen molar-refractivity contribution in [1.29, 1.82) is 0 Å². The maximum absolute atomic E-state index is 11.5. The highest BCUT2D eigenvalue weighted by Crippen LogP contribution is 2.54. The van der Waals surface area contributed by atoms with Crippen LogP contribution < -0.4 is 9.47 Å². The molecule has 0 amide bonds. The van der Waals surface area contributed by atoms with Crippen LogP contribution in [-0.2, 0) is 10.2 Å². The quantitative estimate of drug-likeness (QED) is 0.900. The lowest BCUT2D eigenvalue weighted by Gasteiger charge is -2.15. The van der Waals surface area contributed by atoms with Gasteiger partial charge in [0.1, 0.15) is 0 Å². The van der Waals surface area contributed by atoms with Crippen LogP contribution in [0.5, 0.6) is 11.5 Å². The van der Waals surface area contributed by atoms with Gasteiger partial charge in [0.25, 0.3) is 0 Å². The zero-order chi connectivity index (χ0) is 14.0. The van der Waals surface area contributed by atoms with E-state index in [9.17, 15) is 9.90 Å². The van der Waals surface area contributed by atoms with Crippen LogP contribution in [-0.4, -0.2) is 24.3 Å². The standard InChI is InChI=1S/C15H15BrO4/c16-10-5-9(15(3-4-15)13(17)18)6-11-12(10)20-8-14(1-2-14)7-19-11/h5-6H,1-4,7-8H2,(H,17,18). The fourth-order valence-electron chi connectivity index (χ4n) is 2.81. The number of carbonyl (C=O) groups is 1. The molecule has 2 fully saturated rings. The van der Waals surface area contributed by atoms with Crippen molar-refractivity contribution in [1.82, 2.24) is 0 Å². The Balaban J connectivity index is 1.74. The second-order valence-electron chi connectivity index (χ2n) is 6.25. The Morgan fingerprint density at radius 3 is 2.45 bits per heavy atom. The molecule has 2 saturated carbocycles. The molecule has 1 aromatic carbocycles. The Morgan fingerprint density at radius 2 is 1.85 bits per heavy atom. The van der Waals surface area contributed by atoms with E-state index < -0.39 is 11.4 Å². The first-order chi connectivity index (χ1) is 9.55. The number of benzene rings is 1. The van der Waals surface area contributed by atoms with E-state index in [1.807, 2.05) is 12.1 Å². The van der Waals surface area contributed by atoms with Gasteiger partial charge in [-0.25, -0.2) is 0 Å². The minimum atomic E-state index is -0.752. The van der Waals surface area contributed by atoms with Crippen molar-refractivity contribution in [3.8, 4) is 11.5 Å². The maximum atomic E-state index is 11.5. The Hall–Kier alpha value is -1.23. The molecule has 4 rings (SSSR count). The van der Waals surface area contributed by atoms with Crippen molar-refractivity contribution in [2.45, 2.75) is 31.1 Å². The lowest BCUT2D eigenvalue weighted by Crippen LogP contribution is -2.19. The number of hydrogen-bond acceptors (Lipinski definition) is 3. The third-order valence-corrected chi connectivity index (χ3v) is 5.32.